The van der Waals surface area contributed by atoms with E-state index in [-0.39, 0.29) is 0 Å². The fourth-order valence-corrected chi connectivity index (χ4v) is 3.13. The largest absolute Gasteiger partial charge is 0.379 e. The molecule has 86 valence electrons. The molecule has 2 atom stereocenters. The van der Waals surface area contributed by atoms with Gasteiger partial charge < -0.3 is 4.74 Å². The summed E-state index contributed by atoms with van der Waals surface area (Å²) in [6.45, 7) is 6.37. The fourth-order valence-electron chi connectivity index (χ4n) is 3.13. The van der Waals surface area contributed by atoms with E-state index in [2.05, 4.69) is 36.1 Å². The first-order chi connectivity index (χ1) is 7.86. The van der Waals surface area contributed by atoms with Gasteiger partial charge in [-0.05, 0) is 23.5 Å². The monoisotopic (exact) mass is 217 g/mol. The maximum absolute atomic E-state index is 5.43. The number of fused-ring (bicyclic) bond motifs is 1. The Morgan fingerprint density at radius 2 is 1.94 bits per heavy atom. The van der Waals surface area contributed by atoms with E-state index in [1.165, 1.54) is 6.42 Å². The molecule has 2 aliphatic rings. The van der Waals surface area contributed by atoms with Gasteiger partial charge in [0.25, 0.3) is 0 Å². The van der Waals surface area contributed by atoms with Crippen LogP contribution in [-0.2, 0) is 11.2 Å². The van der Waals surface area contributed by atoms with Crippen LogP contribution in [0.4, 0.5) is 0 Å². The first-order valence-electron chi connectivity index (χ1n) is 6.26. The number of nitrogens with zero attached hydrogens (tertiary/aromatic N) is 1. The number of rotatable bonds is 1. The Morgan fingerprint density at radius 1 is 1.19 bits per heavy atom. The van der Waals surface area contributed by atoms with E-state index in [4.69, 9.17) is 4.74 Å². The topological polar surface area (TPSA) is 12.5 Å². The fraction of sp³-hybridized carbons (Fsp3) is 0.571. The summed E-state index contributed by atoms with van der Waals surface area (Å²) in [6, 6.07) is 9.60. The number of benzene rings is 1. The zero-order chi connectivity index (χ0) is 11.0. The highest BCUT2D eigenvalue weighted by Crippen LogP contribution is 2.35. The summed E-state index contributed by atoms with van der Waals surface area (Å²) in [4.78, 5) is 2.61. The van der Waals surface area contributed by atoms with Crippen LogP contribution in [0.5, 0.6) is 0 Å². The van der Waals surface area contributed by atoms with Gasteiger partial charge in [0.05, 0.1) is 13.2 Å². The van der Waals surface area contributed by atoms with Crippen molar-refractivity contribution >= 4 is 0 Å². The predicted molar refractivity (Wildman–Crippen MR) is 64.7 cm³/mol. The molecular weight excluding hydrogens is 198 g/mol. The lowest BCUT2D eigenvalue weighted by Crippen LogP contribution is -2.44. The molecule has 0 radical (unpaired) electrons. The molecule has 0 spiro atoms. The molecule has 2 nitrogen and oxygen atoms in total. The molecule has 2 heteroatoms. The lowest BCUT2D eigenvalue weighted by Gasteiger charge is -2.34. The van der Waals surface area contributed by atoms with Crippen molar-refractivity contribution in [2.45, 2.75) is 25.3 Å². The van der Waals surface area contributed by atoms with E-state index in [0.717, 1.165) is 26.3 Å². The summed E-state index contributed by atoms with van der Waals surface area (Å²) in [5, 5.41) is 0. The molecule has 0 unspecified atom stereocenters. The van der Waals surface area contributed by atoms with Crippen molar-refractivity contribution in [3.05, 3.63) is 35.4 Å². The van der Waals surface area contributed by atoms with Crippen molar-refractivity contribution in [2.24, 2.45) is 0 Å². The maximum Gasteiger partial charge on any atom is 0.0594 e. The van der Waals surface area contributed by atoms with Crippen LogP contribution in [0.15, 0.2) is 24.3 Å². The van der Waals surface area contributed by atoms with E-state index >= 15 is 0 Å². The normalized spacial score (nSPS) is 30.3. The lowest BCUT2D eigenvalue weighted by atomic mass is 9.99. The van der Waals surface area contributed by atoms with Crippen LogP contribution in [0.25, 0.3) is 0 Å². The summed E-state index contributed by atoms with van der Waals surface area (Å²) in [7, 11) is 0. The Balaban J connectivity index is 1.80. The second-order valence-corrected chi connectivity index (χ2v) is 4.91. The number of hydrogen-bond acceptors (Lipinski definition) is 2. The average molecular weight is 217 g/mol. The van der Waals surface area contributed by atoms with Crippen LogP contribution >= 0.6 is 0 Å². The summed E-state index contributed by atoms with van der Waals surface area (Å²) in [6.07, 6.45) is 1.22. The minimum Gasteiger partial charge on any atom is -0.379 e. The van der Waals surface area contributed by atoms with Crippen LogP contribution in [0.3, 0.4) is 0 Å². The molecule has 1 aliphatic carbocycles. The van der Waals surface area contributed by atoms with E-state index < -0.39 is 0 Å². The zero-order valence-corrected chi connectivity index (χ0v) is 9.86. The molecule has 1 aliphatic heterocycles. The van der Waals surface area contributed by atoms with Gasteiger partial charge in [-0.15, -0.1) is 0 Å². The molecule has 1 heterocycles. The van der Waals surface area contributed by atoms with Crippen molar-refractivity contribution in [1.29, 1.82) is 0 Å². The van der Waals surface area contributed by atoms with Crippen molar-refractivity contribution in [3.63, 3.8) is 0 Å². The van der Waals surface area contributed by atoms with E-state index in [1.54, 1.807) is 11.1 Å². The van der Waals surface area contributed by atoms with Gasteiger partial charge in [0.15, 0.2) is 0 Å². The average Bonchev–Trinajstić information content (AvgIpc) is 2.69. The Morgan fingerprint density at radius 3 is 2.69 bits per heavy atom. The molecule has 1 fully saturated rings. The molecular formula is C14H19NO. The quantitative estimate of drug-likeness (QED) is 0.714. The van der Waals surface area contributed by atoms with E-state index in [1.807, 2.05) is 0 Å². The predicted octanol–water partition coefficient (Wildman–Crippen LogP) is 2.05. The van der Waals surface area contributed by atoms with Gasteiger partial charge >= 0.3 is 0 Å². The SMILES string of the molecule is C[C@H]1c2ccccc2C[C@H]1N1CCOCC1. The Hall–Kier alpha value is -0.860. The van der Waals surface area contributed by atoms with Crippen molar-refractivity contribution in [2.75, 3.05) is 26.3 Å². The first-order valence-corrected chi connectivity index (χ1v) is 6.26. The number of ether oxygens (including phenoxy) is 1. The van der Waals surface area contributed by atoms with Gasteiger partial charge in [-0.2, -0.15) is 0 Å². The standard InChI is InChI=1S/C14H19NO/c1-11-13-5-3-2-4-12(13)10-14(11)15-6-8-16-9-7-15/h2-5,11,14H,6-10H2,1H3/t11-,14+/m0/s1. The van der Waals surface area contributed by atoms with Gasteiger partial charge in [0.2, 0.25) is 0 Å². The van der Waals surface area contributed by atoms with Crippen molar-refractivity contribution in [3.8, 4) is 0 Å². The third-order valence-corrected chi connectivity index (χ3v) is 4.07. The molecule has 0 saturated carbocycles. The molecule has 0 aromatic heterocycles. The Labute approximate surface area is 97.2 Å². The highest BCUT2D eigenvalue weighted by molar-refractivity contribution is 5.37. The summed E-state index contributed by atoms with van der Waals surface area (Å²) < 4.78 is 5.43. The number of hydrogen-bond donors (Lipinski definition) is 0. The van der Waals surface area contributed by atoms with Crippen LogP contribution in [0.1, 0.15) is 24.0 Å². The van der Waals surface area contributed by atoms with Crippen LogP contribution in [0.2, 0.25) is 0 Å². The molecule has 1 aromatic rings. The van der Waals surface area contributed by atoms with Crippen LogP contribution in [0, 0.1) is 0 Å². The zero-order valence-electron chi connectivity index (χ0n) is 9.86. The van der Waals surface area contributed by atoms with Crippen LogP contribution < -0.4 is 0 Å². The molecule has 1 aromatic carbocycles. The Kier molecular flexibility index (Phi) is 2.70. The Bertz CT molecular complexity index is 371. The molecule has 0 bridgehead atoms. The van der Waals surface area contributed by atoms with Gasteiger partial charge in [0.1, 0.15) is 0 Å². The molecule has 16 heavy (non-hydrogen) atoms. The summed E-state index contributed by atoms with van der Waals surface area (Å²) in [5.41, 5.74) is 3.10. The summed E-state index contributed by atoms with van der Waals surface area (Å²) in [5.74, 6) is 0.675. The van der Waals surface area contributed by atoms with E-state index in [9.17, 15) is 0 Å². The third kappa shape index (κ3) is 1.66. The minimum absolute atomic E-state index is 0.675. The van der Waals surface area contributed by atoms with Gasteiger partial charge in [-0.1, -0.05) is 31.2 Å². The highest BCUT2D eigenvalue weighted by atomic mass is 16.5. The molecule has 3 rings (SSSR count). The van der Waals surface area contributed by atoms with Gasteiger partial charge in [0, 0.05) is 19.1 Å². The summed E-state index contributed by atoms with van der Waals surface area (Å²) >= 11 is 0. The molecule has 0 N–H and O–H groups in total. The maximum atomic E-state index is 5.43. The minimum atomic E-state index is 0.675. The van der Waals surface area contributed by atoms with Crippen molar-refractivity contribution in [1.82, 2.24) is 4.90 Å². The second kappa shape index (κ2) is 4.19. The third-order valence-electron chi connectivity index (χ3n) is 4.07. The second-order valence-electron chi connectivity index (χ2n) is 4.91. The van der Waals surface area contributed by atoms with Crippen molar-refractivity contribution < 1.29 is 4.74 Å². The van der Waals surface area contributed by atoms with Gasteiger partial charge in [-0.25, -0.2) is 0 Å². The number of morpholine rings is 1. The van der Waals surface area contributed by atoms with Gasteiger partial charge in [-0.3, -0.25) is 4.90 Å². The first kappa shape index (κ1) is 10.3. The molecule has 1 saturated heterocycles. The molecule has 0 amide bonds. The van der Waals surface area contributed by atoms with Crippen LogP contribution in [-0.4, -0.2) is 37.2 Å². The highest BCUT2D eigenvalue weighted by Gasteiger charge is 2.33. The lowest BCUT2D eigenvalue weighted by molar-refractivity contribution is 0.0143. The van der Waals surface area contributed by atoms with E-state index in [0.29, 0.717) is 12.0 Å². The smallest absolute Gasteiger partial charge is 0.0594 e.